The zero-order valence-electron chi connectivity index (χ0n) is 18.2. The fourth-order valence-electron chi connectivity index (χ4n) is 3.39. The maximum absolute atomic E-state index is 13.2. The van der Waals surface area contributed by atoms with Crippen molar-refractivity contribution in [3.63, 3.8) is 0 Å². The molecule has 1 fully saturated rings. The predicted molar refractivity (Wildman–Crippen MR) is 141 cm³/mol. The number of para-hydroxylation sites is 1. The van der Waals surface area contributed by atoms with Crippen LogP contribution in [-0.2, 0) is 16.2 Å². The van der Waals surface area contributed by atoms with Crippen LogP contribution in [0.4, 0.5) is 5.69 Å². The van der Waals surface area contributed by atoms with E-state index in [0.29, 0.717) is 32.6 Å². The van der Waals surface area contributed by atoms with E-state index in [4.69, 9.17) is 56.5 Å². The first kappa shape index (κ1) is 25.0. The van der Waals surface area contributed by atoms with Gasteiger partial charge in [0.2, 0.25) is 0 Å². The molecule has 6 nitrogen and oxygen atoms in total. The molecule has 178 valence electrons. The van der Waals surface area contributed by atoms with Gasteiger partial charge in [0.05, 0.1) is 17.8 Å². The SMILES string of the molecule is COc1cc(/C=C2\C(=O)NC(=S)N(c3ccccc3)C2=O)cc(Cl)c1OCc1ccc(Cl)cc1Cl. The van der Waals surface area contributed by atoms with E-state index >= 15 is 0 Å². The highest BCUT2D eigenvalue weighted by molar-refractivity contribution is 7.80. The molecule has 1 aliphatic heterocycles. The van der Waals surface area contributed by atoms with Crippen molar-refractivity contribution in [1.82, 2.24) is 5.32 Å². The number of nitrogens with zero attached hydrogens (tertiary/aromatic N) is 1. The number of anilines is 1. The Labute approximate surface area is 222 Å². The summed E-state index contributed by atoms with van der Waals surface area (Å²) in [6.07, 6.45) is 1.42. The molecule has 0 aromatic heterocycles. The lowest BCUT2D eigenvalue weighted by molar-refractivity contribution is -0.122. The Kier molecular flexibility index (Phi) is 7.62. The van der Waals surface area contributed by atoms with Gasteiger partial charge in [-0.05, 0) is 60.3 Å². The summed E-state index contributed by atoms with van der Waals surface area (Å²) in [4.78, 5) is 27.0. The highest BCUT2D eigenvalue weighted by Crippen LogP contribution is 2.38. The summed E-state index contributed by atoms with van der Waals surface area (Å²) in [5.41, 5.74) is 1.60. The van der Waals surface area contributed by atoms with Gasteiger partial charge in [0.15, 0.2) is 16.6 Å². The molecule has 35 heavy (non-hydrogen) atoms. The number of carbonyl (C=O) groups excluding carboxylic acids is 2. The van der Waals surface area contributed by atoms with Crippen LogP contribution in [0.3, 0.4) is 0 Å². The summed E-state index contributed by atoms with van der Waals surface area (Å²) in [5, 5.41) is 3.74. The zero-order chi connectivity index (χ0) is 25.1. The number of hydrogen-bond acceptors (Lipinski definition) is 5. The van der Waals surface area contributed by atoms with Crippen molar-refractivity contribution >= 4 is 75.7 Å². The van der Waals surface area contributed by atoms with Gasteiger partial charge in [-0.2, -0.15) is 0 Å². The first-order valence-electron chi connectivity index (χ1n) is 10.2. The van der Waals surface area contributed by atoms with Gasteiger partial charge in [0.1, 0.15) is 12.2 Å². The Morgan fingerprint density at radius 2 is 1.74 bits per heavy atom. The summed E-state index contributed by atoms with van der Waals surface area (Å²) in [6.45, 7) is 0.122. The minimum atomic E-state index is -0.611. The molecule has 4 rings (SSSR count). The molecule has 0 bridgehead atoms. The van der Waals surface area contributed by atoms with E-state index in [0.717, 1.165) is 0 Å². The predicted octanol–water partition coefficient (Wildman–Crippen LogP) is 6.07. The van der Waals surface area contributed by atoms with Crippen molar-refractivity contribution in [2.24, 2.45) is 0 Å². The van der Waals surface area contributed by atoms with Gasteiger partial charge in [-0.25, -0.2) is 0 Å². The first-order chi connectivity index (χ1) is 16.8. The van der Waals surface area contributed by atoms with Crippen molar-refractivity contribution < 1.29 is 19.1 Å². The van der Waals surface area contributed by atoms with Gasteiger partial charge < -0.3 is 9.47 Å². The van der Waals surface area contributed by atoms with Crippen LogP contribution < -0.4 is 19.7 Å². The van der Waals surface area contributed by atoms with Gasteiger partial charge >= 0.3 is 0 Å². The lowest BCUT2D eigenvalue weighted by atomic mass is 10.1. The largest absolute Gasteiger partial charge is 0.493 e. The molecule has 3 aromatic carbocycles. The molecule has 0 unspecified atom stereocenters. The van der Waals surface area contributed by atoms with Crippen molar-refractivity contribution in [2.45, 2.75) is 6.61 Å². The molecule has 0 saturated carbocycles. The summed E-state index contributed by atoms with van der Waals surface area (Å²) >= 11 is 23.9. The molecule has 0 aliphatic carbocycles. The Bertz CT molecular complexity index is 1360. The summed E-state index contributed by atoms with van der Waals surface area (Å²) < 4.78 is 11.3. The van der Waals surface area contributed by atoms with Crippen molar-refractivity contribution in [3.8, 4) is 11.5 Å². The van der Waals surface area contributed by atoms with Gasteiger partial charge in [0.25, 0.3) is 11.8 Å². The molecule has 0 atom stereocenters. The number of methoxy groups -OCH3 is 1. The molecule has 1 N–H and O–H groups in total. The van der Waals surface area contributed by atoms with E-state index in [2.05, 4.69) is 5.32 Å². The van der Waals surface area contributed by atoms with Crippen molar-refractivity contribution in [3.05, 3.63) is 92.4 Å². The topological polar surface area (TPSA) is 67.9 Å². The Morgan fingerprint density at radius 3 is 2.43 bits per heavy atom. The number of benzene rings is 3. The second-order valence-electron chi connectivity index (χ2n) is 7.35. The number of halogens is 3. The fraction of sp³-hybridized carbons (Fsp3) is 0.0800. The van der Waals surface area contributed by atoms with Gasteiger partial charge in [0, 0.05) is 15.6 Å². The molecule has 0 spiro atoms. The standard InChI is InChI=1S/C25H17Cl3N2O4S/c1-33-21-11-14(10-20(28)22(21)34-13-15-7-8-16(26)12-19(15)27)9-18-23(31)29-25(35)30(24(18)32)17-5-3-2-4-6-17/h2-12H,13H2,1H3,(H,29,31,35)/b18-9+. The van der Waals surface area contributed by atoms with Gasteiger partial charge in [-0.15, -0.1) is 0 Å². The highest BCUT2D eigenvalue weighted by atomic mass is 35.5. The molecule has 2 amide bonds. The third-order valence-corrected chi connectivity index (χ3v) is 6.22. The van der Waals surface area contributed by atoms with Crippen molar-refractivity contribution in [2.75, 3.05) is 12.0 Å². The third kappa shape index (κ3) is 5.44. The second-order valence-corrected chi connectivity index (χ2v) is 8.99. The zero-order valence-corrected chi connectivity index (χ0v) is 21.3. The second kappa shape index (κ2) is 10.7. The number of carbonyl (C=O) groups is 2. The average Bonchev–Trinajstić information content (AvgIpc) is 2.82. The number of amides is 2. The maximum atomic E-state index is 13.2. The average molecular weight is 548 g/mol. The minimum absolute atomic E-state index is 0.00331. The van der Waals surface area contributed by atoms with Crippen molar-refractivity contribution in [1.29, 1.82) is 0 Å². The molecular formula is C25H17Cl3N2O4S. The number of nitrogens with one attached hydrogen (secondary N) is 1. The van der Waals surface area contributed by atoms with E-state index in [-0.39, 0.29) is 28.1 Å². The number of rotatable bonds is 6. The Morgan fingerprint density at radius 1 is 1.00 bits per heavy atom. The smallest absolute Gasteiger partial charge is 0.270 e. The molecule has 1 aliphatic rings. The Balaban J connectivity index is 1.64. The molecule has 1 heterocycles. The van der Waals surface area contributed by atoms with Crippen LogP contribution in [0, 0.1) is 0 Å². The lowest BCUT2D eigenvalue weighted by Crippen LogP contribution is -2.54. The summed E-state index contributed by atoms with van der Waals surface area (Å²) in [5.74, 6) is -0.569. The van der Waals surface area contributed by atoms with Gasteiger partial charge in [-0.1, -0.05) is 59.1 Å². The summed E-state index contributed by atoms with van der Waals surface area (Å²) in [6, 6.07) is 17.0. The molecule has 10 heteroatoms. The quantitative estimate of drug-likeness (QED) is 0.231. The monoisotopic (exact) mass is 546 g/mol. The number of hydrogen-bond donors (Lipinski definition) is 1. The summed E-state index contributed by atoms with van der Waals surface area (Å²) in [7, 11) is 1.46. The maximum Gasteiger partial charge on any atom is 0.270 e. The Hall–Kier alpha value is -3.10. The van der Waals surface area contributed by atoms with E-state index in [1.54, 1.807) is 54.6 Å². The van der Waals surface area contributed by atoms with E-state index < -0.39 is 11.8 Å². The van der Waals surface area contributed by atoms with Crippen LogP contribution in [0.5, 0.6) is 11.5 Å². The lowest BCUT2D eigenvalue weighted by Gasteiger charge is -2.28. The van der Waals surface area contributed by atoms with Gasteiger partial charge in [-0.3, -0.25) is 19.8 Å². The van der Waals surface area contributed by atoms with Crippen LogP contribution in [0.15, 0.2) is 66.2 Å². The van der Waals surface area contributed by atoms with Crippen LogP contribution in [0.2, 0.25) is 15.1 Å². The minimum Gasteiger partial charge on any atom is -0.493 e. The van der Waals surface area contributed by atoms with E-state index in [1.165, 1.54) is 18.1 Å². The van der Waals surface area contributed by atoms with Crippen LogP contribution in [0.25, 0.3) is 6.08 Å². The van der Waals surface area contributed by atoms with E-state index in [9.17, 15) is 9.59 Å². The highest BCUT2D eigenvalue weighted by Gasteiger charge is 2.34. The molecule has 3 aromatic rings. The number of thiocarbonyl (C=S) groups is 1. The molecule has 1 saturated heterocycles. The fourth-order valence-corrected chi connectivity index (χ4v) is 4.41. The normalized spacial score (nSPS) is 14.8. The molecular weight excluding hydrogens is 531 g/mol. The van der Waals surface area contributed by atoms with Crippen LogP contribution in [-0.4, -0.2) is 24.0 Å². The number of ether oxygens (including phenoxy) is 2. The third-order valence-electron chi connectivity index (χ3n) is 5.07. The van der Waals surface area contributed by atoms with Crippen LogP contribution >= 0.6 is 47.0 Å². The molecule has 0 radical (unpaired) electrons. The van der Waals surface area contributed by atoms with Crippen LogP contribution in [0.1, 0.15) is 11.1 Å². The first-order valence-corrected chi connectivity index (χ1v) is 11.7. The van der Waals surface area contributed by atoms with E-state index in [1.807, 2.05) is 6.07 Å².